The van der Waals surface area contributed by atoms with Gasteiger partial charge in [0.05, 0.1) is 0 Å². The van der Waals surface area contributed by atoms with Gasteiger partial charge >= 0.3 is 0 Å². The molecule has 17 heavy (non-hydrogen) atoms. The lowest BCUT2D eigenvalue weighted by atomic mass is 9.95. The van der Waals surface area contributed by atoms with Crippen LogP contribution in [0.1, 0.15) is 31.5 Å². The van der Waals surface area contributed by atoms with Crippen molar-refractivity contribution < 1.29 is 0 Å². The van der Waals surface area contributed by atoms with Crippen molar-refractivity contribution in [3.63, 3.8) is 0 Å². The van der Waals surface area contributed by atoms with E-state index in [0.717, 1.165) is 29.3 Å². The molecule has 1 aromatic heterocycles. The molecule has 3 aliphatic rings. The van der Waals surface area contributed by atoms with E-state index in [2.05, 4.69) is 21.5 Å². The molecule has 2 saturated heterocycles. The van der Waals surface area contributed by atoms with Crippen molar-refractivity contribution in [3.05, 3.63) is 5.82 Å². The summed E-state index contributed by atoms with van der Waals surface area (Å²) in [7, 11) is 0. The molecule has 3 fully saturated rings. The first kappa shape index (κ1) is 10.3. The fourth-order valence-electron chi connectivity index (χ4n) is 3.27. The van der Waals surface area contributed by atoms with Gasteiger partial charge in [0.25, 0.3) is 0 Å². The summed E-state index contributed by atoms with van der Waals surface area (Å²) in [4.78, 5) is 7.23. The average Bonchev–Trinajstić information content (AvgIpc) is 2.77. The molecule has 0 bridgehead atoms. The van der Waals surface area contributed by atoms with Crippen LogP contribution < -0.4 is 10.2 Å². The van der Waals surface area contributed by atoms with Crippen LogP contribution in [0.3, 0.4) is 0 Å². The monoisotopic (exact) mass is 250 g/mol. The highest BCUT2D eigenvalue weighted by atomic mass is 32.1. The van der Waals surface area contributed by atoms with E-state index in [9.17, 15) is 0 Å². The second kappa shape index (κ2) is 3.65. The zero-order chi connectivity index (χ0) is 11.4. The van der Waals surface area contributed by atoms with Crippen LogP contribution in [0, 0.1) is 11.8 Å². The van der Waals surface area contributed by atoms with E-state index in [1.54, 1.807) is 11.5 Å². The minimum absolute atomic E-state index is 0.620. The lowest BCUT2D eigenvalue weighted by molar-refractivity contribution is 0.471. The third-order valence-electron chi connectivity index (χ3n) is 4.55. The topological polar surface area (TPSA) is 41.0 Å². The molecule has 1 aliphatic carbocycles. The summed E-state index contributed by atoms with van der Waals surface area (Å²) in [6.07, 6.45) is 2.59. The predicted octanol–water partition coefficient (Wildman–Crippen LogP) is 1.46. The quantitative estimate of drug-likeness (QED) is 0.863. The maximum Gasteiger partial charge on any atom is 0.205 e. The summed E-state index contributed by atoms with van der Waals surface area (Å²) in [6, 6.07) is 0.620. The van der Waals surface area contributed by atoms with E-state index >= 15 is 0 Å². The number of anilines is 1. The Hall–Kier alpha value is -0.680. The van der Waals surface area contributed by atoms with Crippen LogP contribution in [0.2, 0.25) is 0 Å². The number of nitrogens with zero attached hydrogens (tertiary/aromatic N) is 3. The van der Waals surface area contributed by atoms with Crippen molar-refractivity contribution in [3.8, 4) is 0 Å². The van der Waals surface area contributed by atoms with Gasteiger partial charge in [-0.05, 0) is 31.6 Å². The molecule has 2 aliphatic heterocycles. The van der Waals surface area contributed by atoms with Crippen molar-refractivity contribution in [1.82, 2.24) is 14.7 Å². The predicted molar refractivity (Wildman–Crippen MR) is 68.5 cm³/mol. The third kappa shape index (κ3) is 1.59. The summed E-state index contributed by atoms with van der Waals surface area (Å²) in [5, 5.41) is 4.66. The molecule has 1 N–H and O–H groups in total. The maximum absolute atomic E-state index is 4.74. The highest BCUT2D eigenvalue weighted by Gasteiger charge is 2.43. The first-order chi connectivity index (χ1) is 8.33. The summed E-state index contributed by atoms with van der Waals surface area (Å²) >= 11 is 1.60. The Balaban J connectivity index is 1.57. The Bertz CT molecular complexity index is 428. The second-order valence-electron chi connectivity index (χ2n) is 5.68. The number of hydrogen-bond acceptors (Lipinski definition) is 5. The Morgan fingerprint density at radius 2 is 2.24 bits per heavy atom. The molecule has 0 spiro atoms. The first-order valence-corrected chi connectivity index (χ1v) is 7.41. The second-order valence-corrected chi connectivity index (χ2v) is 6.41. The number of hydrogen-bond donors (Lipinski definition) is 1. The Morgan fingerprint density at radius 3 is 3.00 bits per heavy atom. The highest BCUT2D eigenvalue weighted by molar-refractivity contribution is 7.09. The smallest absolute Gasteiger partial charge is 0.205 e. The number of rotatable bonds is 2. The fourth-order valence-corrected chi connectivity index (χ4v) is 4.12. The number of nitrogens with one attached hydrogen (secondary N) is 1. The van der Waals surface area contributed by atoms with E-state index < -0.39 is 0 Å². The minimum Gasteiger partial charge on any atom is -0.343 e. The maximum atomic E-state index is 4.74. The van der Waals surface area contributed by atoms with Gasteiger partial charge in [-0.3, -0.25) is 0 Å². The molecule has 3 heterocycles. The van der Waals surface area contributed by atoms with E-state index in [4.69, 9.17) is 4.98 Å². The SMILES string of the molecule is CC1C2CNCC2CN1c1nc(C2CC2)ns1. The van der Waals surface area contributed by atoms with Gasteiger partial charge in [0.1, 0.15) is 5.82 Å². The van der Waals surface area contributed by atoms with Crippen molar-refractivity contribution in [2.75, 3.05) is 24.5 Å². The number of fused-ring (bicyclic) bond motifs is 1. The lowest BCUT2D eigenvalue weighted by Gasteiger charge is -2.23. The van der Waals surface area contributed by atoms with Gasteiger partial charge in [-0.2, -0.15) is 4.37 Å². The largest absolute Gasteiger partial charge is 0.343 e. The highest BCUT2D eigenvalue weighted by Crippen LogP contribution is 2.41. The van der Waals surface area contributed by atoms with E-state index in [-0.39, 0.29) is 0 Å². The fraction of sp³-hybridized carbons (Fsp3) is 0.833. The van der Waals surface area contributed by atoms with Gasteiger partial charge in [0.15, 0.2) is 0 Å². The summed E-state index contributed by atoms with van der Waals surface area (Å²) in [5.41, 5.74) is 0. The molecule has 3 atom stereocenters. The third-order valence-corrected chi connectivity index (χ3v) is 5.32. The zero-order valence-corrected chi connectivity index (χ0v) is 10.9. The van der Waals surface area contributed by atoms with Crippen LogP contribution in [0.5, 0.6) is 0 Å². The van der Waals surface area contributed by atoms with E-state index in [0.29, 0.717) is 12.0 Å². The van der Waals surface area contributed by atoms with Gasteiger partial charge in [-0.1, -0.05) is 0 Å². The molecule has 0 radical (unpaired) electrons. The van der Waals surface area contributed by atoms with Gasteiger partial charge in [-0.15, -0.1) is 0 Å². The van der Waals surface area contributed by atoms with Crippen LogP contribution in [0.25, 0.3) is 0 Å². The Kier molecular flexibility index (Phi) is 2.21. The molecular formula is C12H18N4S. The molecule has 4 nitrogen and oxygen atoms in total. The van der Waals surface area contributed by atoms with Crippen molar-refractivity contribution in [1.29, 1.82) is 0 Å². The molecule has 0 aromatic carbocycles. The molecule has 1 aromatic rings. The van der Waals surface area contributed by atoms with Crippen molar-refractivity contribution in [2.24, 2.45) is 11.8 Å². The van der Waals surface area contributed by atoms with Gasteiger partial charge < -0.3 is 10.2 Å². The van der Waals surface area contributed by atoms with Gasteiger partial charge in [0, 0.05) is 43.1 Å². The van der Waals surface area contributed by atoms with Crippen molar-refractivity contribution >= 4 is 16.7 Å². The molecule has 1 saturated carbocycles. The van der Waals surface area contributed by atoms with Gasteiger partial charge in [-0.25, -0.2) is 4.98 Å². The van der Waals surface area contributed by atoms with Gasteiger partial charge in [0.2, 0.25) is 5.13 Å². The lowest BCUT2D eigenvalue weighted by Crippen LogP contribution is -2.33. The summed E-state index contributed by atoms with van der Waals surface area (Å²) in [6.45, 7) is 5.87. The number of aromatic nitrogens is 2. The Morgan fingerprint density at radius 1 is 1.35 bits per heavy atom. The average molecular weight is 250 g/mol. The molecule has 92 valence electrons. The van der Waals surface area contributed by atoms with Crippen LogP contribution in [0.4, 0.5) is 5.13 Å². The van der Waals surface area contributed by atoms with E-state index in [1.807, 2.05) is 0 Å². The van der Waals surface area contributed by atoms with Crippen LogP contribution in [0.15, 0.2) is 0 Å². The zero-order valence-electron chi connectivity index (χ0n) is 10.1. The molecule has 0 amide bonds. The molecular weight excluding hydrogens is 232 g/mol. The van der Waals surface area contributed by atoms with Crippen LogP contribution in [-0.4, -0.2) is 35.0 Å². The normalized spacial score (nSPS) is 36.5. The standard InChI is InChI=1S/C12H18N4S/c1-7-10-5-13-4-9(10)6-16(7)12-14-11(15-17-12)8-2-3-8/h7-10,13H,2-6H2,1H3. The Labute approximate surface area is 106 Å². The minimum atomic E-state index is 0.620. The van der Waals surface area contributed by atoms with Crippen molar-refractivity contribution in [2.45, 2.75) is 31.7 Å². The summed E-state index contributed by atoms with van der Waals surface area (Å²) < 4.78 is 4.52. The first-order valence-electron chi connectivity index (χ1n) is 6.64. The molecule has 5 heteroatoms. The van der Waals surface area contributed by atoms with Crippen LogP contribution in [-0.2, 0) is 0 Å². The van der Waals surface area contributed by atoms with Crippen LogP contribution >= 0.6 is 11.5 Å². The van der Waals surface area contributed by atoms with E-state index in [1.165, 1.54) is 25.9 Å². The molecule has 3 unspecified atom stereocenters. The molecule has 4 rings (SSSR count). The summed E-state index contributed by atoms with van der Waals surface area (Å²) in [5.74, 6) is 3.41.